The van der Waals surface area contributed by atoms with Gasteiger partial charge in [-0.15, -0.1) is 6.58 Å². The van der Waals surface area contributed by atoms with Crippen LogP contribution in [0.25, 0.3) is 0 Å². The van der Waals surface area contributed by atoms with Crippen molar-refractivity contribution in [1.29, 1.82) is 0 Å². The van der Waals surface area contributed by atoms with E-state index in [1.165, 1.54) is 0 Å². The number of methoxy groups -OCH3 is 1. The van der Waals surface area contributed by atoms with Gasteiger partial charge in [0.25, 0.3) is 0 Å². The molecular formula is C33H66O11. The SMILES string of the molecule is C=CCOCCOCCO.CC(C)CC(O)C#CC(C)(O)CC(C)C.CCOCCOCCOCCOCCOCCOC. The molecule has 0 heterocycles. The Morgan fingerprint density at radius 3 is 1.52 bits per heavy atom. The van der Waals surface area contributed by atoms with Gasteiger partial charge in [0, 0.05) is 13.7 Å². The Balaban J connectivity index is -0.000000602. The first-order valence-electron chi connectivity index (χ1n) is 15.7. The van der Waals surface area contributed by atoms with E-state index < -0.39 is 11.7 Å². The van der Waals surface area contributed by atoms with Gasteiger partial charge >= 0.3 is 0 Å². The molecule has 264 valence electrons. The van der Waals surface area contributed by atoms with E-state index in [2.05, 4.69) is 18.4 Å². The molecule has 0 fully saturated rings. The molecule has 0 bridgehead atoms. The van der Waals surface area contributed by atoms with Gasteiger partial charge in [-0.3, -0.25) is 0 Å². The van der Waals surface area contributed by atoms with Gasteiger partial charge in [-0.1, -0.05) is 45.6 Å². The van der Waals surface area contributed by atoms with Crippen LogP contribution >= 0.6 is 0 Å². The summed E-state index contributed by atoms with van der Waals surface area (Å²) in [4.78, 5) is 0. The van der Waals surface area contributed by atoms with Crippen molar-refractivity contribution in [3.8, 4) is 11.8 Å². The first kappa shape index (κ1) is 47.3. The molecule has 0 amide bonds. The van der Waals surface area contributed by atoms with Crippen LogP contribution < -0.4 is 0 Å². The highest BCUT2D eigenvalue weighted by Gasteiger charge is 2.18. The third-order valence-electron chi connectivity index (χ3n) is 4.98. The Morgan fingerprint density at radius 1 is 0.705 bits per heavy atom. The molecule has 0 saturated heterocycles. The van der Waals surface area contributed by atoms with Crippen LogP contribution in [0, 0.1) is 23.7 Å². The number of rotatable bonds is 27. The molecule has 0 aliphatic carbocycles. The summed E-state index contributed by atoms with van der Waals surface area (Å²) in [5, 5.41) is 27.7. The third kappa shape index (κ3) is 47.8. The number of aliphatic hydroxyl groups excluding tert-OH is 2. The van der Waals surface area contributed by atoms with Gasteiger partial charge in [-0.05, 0) is 38.5 Å². The summed E-state index contributed by atoms with van der Waals surface area (Å²) in [6, 6.07) is 0. The number of hydrogen-bond donors (Lipinski definition) is 3. The van der Waals surface area contributed by atoms with Crippen LogP contribution in [0.1, 0.15) is 54.4 Å². The lowest BCUT2D eigenvalue weighted by Gasteiger charge is -2.18. The third-order valence-corrected chi connectivity index (χ3v) is 4.98. The lowest BCUT2D eigenvalue weighted by Crippen LogP contribution is -2.24. The minimum atomic E-state index is -0.980. The molecule has 0 saturated carbocycles. The van der Waals surface area contributed by atoms with Crippen LogP contribution in [0.2, 0.25) is 0 Å². The maximum atomic E-state index is 9.88. The van der Waals surface area contributed by atoms with Gasteiger partial charge in [0.1, 0.15) is 11.7 Å². The maximum absolute atomic E-state index is 9.88. The monoisotopic (exact) mass is 638 g/mol. The van der Waals surface area contributed by atoms with E-state index in [0.717, 1.165) is 6.61 Å². The molecule has 0 rings (SSSR count). The van der Waals surface area contributed by atoms with Crippen LogP contribution in [-0.2, 0) is 37.9 Å². The minimum absolute atomic E-state index is 0.0709. The molecule has 0 aromatic heterocycles. The fraction of sp³-hybridized carbons (Fsp3) is 0.879. The Hall–Kier alpha value is -1.14. The van der Waals surface area contributed by atoms with Crippen molar-refractivity contribution in [2.45, 2.75) is 66.1 Å². The lowest BCUT2D eigenvalue weighted by atomic mass is 9.94. The van der Waals surface area contributed by atoms with E-state index in [9.17, 15) is 10.2 Å². The van der Waals surface area contributed by atoms with Gasteiger partial charge < -0.3 is 53.2 Å². The predicted octanol–water partition coefficient (Wildman–Crippen LogP) is 3.13. The Bertz CT molecular complexity index is 603. The summed E-state index contributed by atoms with van der Waals surface area (Å²) in [6.07, 6.45) is 2.36. The van der Waals surface area contributed by atoms with Crippen molar-refractivity contribution in [2.75, 3.05) is 113 Å². The normalized spacial score (nSPS) is 12.8. The molecule has 44 heavy (non-hydrogen) atoms. The standard InChI is InChI=1S/C13H28O6.C13H24O2.C7H14O3/c1-3-15-6-7-17-10-11-19-13-12-18-9-8-16-5-4-14-2;1-10(2)8-12(14)6-7-13(5,15)9-11(3)4;1-2-4-9-6-7-10-5-3-8/h3-13H2,1-2H3;10-12,14-15H,8-9H2,1-5H3;2,8H,1,3-7H2. The average molecular weight is 639 g/mol. The lowest BCUT2D eigenvalue weighted by molar-refractivity contribution is -0.0140. The van der Waals surface area contributed by atoms with Gasteiger partial charge in [-0.25, -0.2) is 0 Å². The molecule has 3 N–H and O–H groups in total. The van der Waals surface area contributed by atoms with Crippen molar-refractivity contribution in [1.82, 2.24) is 0 Å². The van der Waals surface area contributed by atoms with Gasteiger partial charge in [-0.2, -0.15) is 0 Å². The van der Waals surface area contributed by atoms with Crippen LogP contribution in [0.3, 0.4) is 0 Å². The summed E-state index contributed by atoms with van der Waals surface area (Å²) in [7, 11) is 1.65. The molecule has 0 aromatic rings. The summed E-state index contributed by atoms with van der Waals surface area (Å²) < 4.78 is 41.1. The summed E-state index contributed by atoms with van der Waals surface area (Å²) in [5.74, 6) is 6.29. The minimum Gasteiger partial charge on any atom is -0.394 e. The highest BCUT2D eigenvalue weighted by atomic mass is 16.6. The van der Waals surface area contributed by atoms with E-state index in [-0.39, 0.29) is 6.61 Å². The predicted molar refractivity (Wildman–Crippen MR) is 174 cm³/mol. The van der Waals surface area contributed by atoms with E-state index in [4.69, 9.17) is 43.0 Å². The van der Waals surface area contributed by atoms with E-state index in [1.54, 1.807) is 20.1 Å². The van der Waals surface area contributed by atoms with Crippen molar-refractivity contribution >= 4 is 0 Å². The van der Waals surface area contributed by atoms with Gasteiger partial charge in [0.15, 0.2) is 0 Å². The van der Waals surface area contributed by atoms with Crippen LogP contribution in [0.4, 0.5) is 0 Å². The molecule has 0 aliphatic rings. The Kier molecular flexibility index (Phi) is 40.9. The Labute approximate surface area is 268 Å². The number of hydrogen-bond acceptors (Lipinski definition) is 11. The number of aliphatic hydroxyl groups is 3. The molecule has 11 heteroatoms. The summed E-state index contributed by atoms with van der Waals surface area (Å²) in [6.45, 7) is 24.1. The first-order valence-corrected chi connectivity index (χ1v) is 15.7. The zero-order valence-electron chi connectivity index (χ0n) is 28.9. The number of ether oxygens (including phenoxy) is 8. The fourth-order valence-corrected chi connectivity index (χ4v) is 3.21. The van der Waals surface area contributed by atoms with Crippen LogP contribution in [0.5, 0.6) is 0 Å². The Morgan fingerprint density at radius 2 is 1.14 bits per heavy atom. The molecule has 0 aromatic carbocycles. The summed E-state index contributed by atoms with van der Waals surface area (Å²) in [5.41, 5.74) is -0.980. The van der Waals surface area contributed by atoms with Crippen LogP contribution in [-0.4, -0.2) is 140 Å². The highest BCUT2D eigenvalue weighted by Crippen LogP contribution is 2.15. The van der Waals surface area contributed by atoms with Gasteiger partial charge in [0.2, 0.25) is 0 Å². The molecular weight excluding hydrogens is 572 g/mol. The molecule has 2 unspecified atom stereocenters. The van der Waals surface area contributed by atoms with Crippen molar-refractivity contribution < 1.29 is 53.2 Å². The van der Waals surface area contributed by atoms with Crippen LogP contribution in [0.15, 0.2) is 12.7 Å². The molecule has 2 atom stereocenters. The van der Waals surface area contributed by atoms with Gasteiger partial charge in [0.05, 0.1) is 99.1 Å². The second-order valence-electron chi connectivity index (χ2n) is 10.6. The molecule has 0 radical (unpaired) electrons. The maximum Gasteiger partial charge on any atom is 0.123 e. The first-order chi connectivity index (χ1) is 21.1. The highest BCUT2D eigenvalue weighted by molar-refractivity contribution is 5.15. The molecule has 0 aliphatic heterocycles. The van der Waals surface area contributed by atoms with Crippen molar-refractivity contribution in [3.05, 3.63) is 12.7 Å². The topological polar surface area (TPSA) is 135 Å². The quantitative estimate of drug-likeness (QED) is 0.0696. The second-order valence-corrected chi connectivity index (χ2v) is 10.6. The second kappa shape index (κ2) is 38.0. The smallest absolute Gasteiger partial charge is 0.123 e. The van der Waals surface area contributed by atoms with Crippen molar-refractivity contribution in [2.24, 2.45) is 11.8 Å². The largest absolute Gasteiger partial charge is 0.394 e. The van der Waals surface area contributed by atoms with Crippen molar-refractivity contribution in [3.63, 3.8) is 0 Å². The summed E-state index contributed by atoms with van der Waals surface area (Å²) >= 11 is 0. The molecule has 11 nitrogen and oxygen atoms in total. The zero-order chi connectivity index (χ0) is 33.7. The fourth-order valence-electron chi connectivity index (χ4n) is 3.21. The van der Waals surface area contributed by atoms with E-state index >= 15 is 0 Å². The average Bonchev–Trinajstić information content (AvgIpc) is 2.96. The zero-order valence-corrected chi connectivity index (χ0v) is 28.9. The van der Waals surface area contributed by atoms with E-state index in [1.807, 2.05) is 34.6 Å². The molecule has 0 spiro atoms. The van der Waals surface area contributed by atoms with E-state index in [0.29, 0.717) is 117 Å².